The first-order chi connectivity index (χ1) is 9.09. The van der Waals surface area contributed by atoms with Crippen molar-refractivity contribution in [3.05, 3.63) is 35.9 Å². The Morgan fingerprint density at radius 1 is 1.21 bits per heavy atom. The SMILES string of the molecule is C[C@@H](c1ccccc1)[NH+]1CCN(C(=O)C(=O)[O-])CC1. The highest BCUT2D eigenvalue weighted by Crippen LogP contribution is 2.08. The van der Waals surface area contributed by atoms with Crippen LogP contribution in [0, 0.1) is 0 Å². The maximum absolute atomic E-state index is 11.3. The first-order valence-electron chi connectivity index (χ1n) is 6.49. The number of nitrogens with zero attached hydrogens (tertiary/aromatic N) is 1. The lowest BCUT2D eigenvalue weighted by Gasteiger charge is -2.35. The maximum Gasteiger partial charge on any atom is 0.269 e. The molecule has 0 aromatic heterocycles. The van der Waals surface area contributed by atoms with E-state index in [0.717, 1.165) is 13.1 Å². The standard InChI is InChI=1S/C14H18N2O3/c1-11(12-5-3-2-4-6-12)15-7-9-16(10-8-15)13(17)14(18)19/h2-6,11H,7-10H2,1H3,(H,18,19)/t11-/m0/s1. The van der Waals surface area contributed by atoms with Gasteiger partial charge in [0, 0.05) is 5.56 Å². The van der Waals surface area contributed by atoms with Crippen LogP contribution in [0.5, 0.6) is 0 Å². The second kappa shape index (κ2) is 5.84. The summed E-state index contributed by atoms with van der Waals surface area (Å²) in [6.45, 7) is 4.61. The number of quaternary nitrogens is 1. The molecule has 5 heteroatoms. The van der Waals surface area contributed by atoms with Crippen molar-refractivity contribution in [3.8, 4) is 0 Å². The average Bonchev–Trinajstić information content (AvgIpc) is 2.46. The fraction of sp³-hybridized carbons (Fsp3) is 0.429. The Hall–Kier alpha value is -1.88. The molecule has 19 heavy (non-hydrogen) atoms. The molecule has 0 radical (unpaired) electrons. The van der Waals surface area contributed by atoms with E-state index in [9.17, 15) is 14.7 Å². The lowest BCUT2D eigenvalue weighted by molar-refractivity contribution is -0.933. The van der Waals surface area contributed by atoms with E-state index < -0.39 is 11.9 Å². The van der Waals surface area contributed by atoms with Crippen LogP contribution < -0.4 is 10.0 Å². The molecule has 2 rings (SSSR count). The normalized spacial score (nSPS) is 18.1. The number of carbonyl (C=O) groups is 2. The zero-order chi connectivity index (χ0) is 13.8. The summed E-state index contributed by atoms with van der Waals surface area (Å²) in [4.78, 5) is 24.6. The van der Waals surface area contributed by atoms with Gasteiger partial charge in [-0.25, -0.2) is 0 Å². The van der Waals surface area contributed by atoms with Crippen LogP contribution in [0.25, 0.3) is 0 Å². The largest absolute Gasteiger partial charge is 0.540 e. The molecule has 1 N–H and O–H groups in total. The van der Waals surface area contributed by atoms with E-state index >= 15 is 0 Å². The fourth-order valence-corrected chi connectivity index (χ4v) is 2.54. The number of piperazine rings is 1. The number of hydrogen-bond donors (Lipinski definition) is 1. The Labute approximate surface area is 112 Å². The summed E-state index contributed by atoms with van der Waals surface area (Å²) >= 11 is 0. The molecular weight excluding hydrogens is 244 g/mol. The molecule has 1 aliphatic rings. The van der Waals surface area contributed by atoms with Gasteiger partial charge in [-0.1, -0.05) is 30.3 Å². The van der Waals surface area contributed by atoms with Crippen molar-refractivity contribution in [3.63, 3.8) is 0 Å². The number of carbonyl (C=O) groups excluding carboxylic acids is 2. The number of rotatable bonds is 2. The molecule has 0 saturated carbocycles. The number of benzene rings is 1. The Kier molecular flexibility index (Phi) is 4.16. The molecule has 5 nitrogen and oxygen atoms in total. The van der Waals surface area contributed by atoms with Crippen LogP contribution in [0.15, 0.2) is 30.3 Å². The first kappa shape index (κ1) is 13.5. The van der Waals surface area contributed by atoms with Gasteiger partial charge in [0.15, 0.2) is 0 Å². The van der Waals surface area contributed by atoms with Crippen LogP contribution in [-0.2, 0) is 9.59 Å². The molecule has 1 aromatic rings. The third-order valence-corrected chi connectivity index (χ3v) is 3.78. The highest BCUT2D eigenvalue weighted by Gasteiger charge is 2.27. The van der Waals surface area contributed by atoms with Crippen molar-refractivity contribution in [1.82, 2.24) is 4.90 Å². The summed E-state index contributed by atoms with van der Waals surface area (Å²) in [6.07, 6.45) is 0. The molecule has 1 aliphatic heterocycles. The minimum Gasteiger partial charge on any atom is -0.540 e. The van der Waals surface area contributed by atoms with E-state index in [1.54, 1.807) is 0 Å². The van der Waals surface area contributed by atoms with E-state index in [0.29, 0.717) is 19.1 Å². The van der Waals surface area contributed by atoms with E-state index in [1.165, 1.54) is 15.4 Å². The third kappa shape index (κ3) is 3.12. The summed E-state index contributed by atoms with van der Waals surface area (Å²) in [5.74, 6) is -2.51. The molecule has 0 spiro atoms. The molecule has 1 aromatic carbocycles. The lowest BCUT2D eigenvalue weighted by Crippen LogP contribution is -3.14. The van der Waals surface area contributed by atoms with E-state index in [-0.39, 0.29) is 0 Å². The minimum atomic E-state index is -1.61. The van der Waals surface area contributed by atoms with Crippen LogP contribution in [0.4, 0.5) is 0 Å². The van der Waals surface area contributed by atoms with Crippen LogP contribution in [-0.4, -0.2) is 43.0 Å². The number of nitrogens with one attached hydrogen (secondary N) is 1. The number of carboxylic acid groups (broad SMARTS) is 1. The predicted octanol–water partition coefficient (Wildman–Crippen LogP) is -1.78. The lowest BCUT2D eigenvalue weighted by atomic mass is 10.1. The predicted molar refractivity (Wildman–Crippen MR) is 67.1 cm³/mol. The Morgan fingerprint density at radius 3 is 2.32 bits per heavy atom. The van der Waals surface area contributed by atoms with Gasteiger partial charge >= 0.3 is 0 Å². The summed E-state index contributed by atoms with van der Waals surface area (Å²) < 4.78 is 0. The van der Waals surface area contributed by atoms with Gasteiger partial charge in [0.1, 0.15) is 12.0 Å². The van der Waals surface area contributed by atoms with Gasteiger partial charge < -0.3 is 19.7 Å². The molecule has 1 fully saturated rings. The molecule has 1 atom stereocenters. The summed E-state index contributed by atoms with van der Waals surface area (Å²) in [7, 11) is 0. The van der Waals surface area contributed by atoms with E-state index in [4.69, 9.17) is 0 Å². The van der Waals surface area contributed by atoms with Gasteiger partial charge in [-0.15, -0.1) is 0 Å². The molecule has 1 heterocycles. The average molecular weight is 262 g/mol. The number of hydrogen-bond acceptors (Lipinski definition) is 3. The zero-order valence-electron chi connectivity index (χ0n) is 11.0. The zero-order valence-corrected chi connectivity index (χ0v) is 11.0. The second-order valence-electron chi connectivity index (χ2n) is 4.87. The Morgan fingerprint density at radius 2 is 1.79 bits per heavy atom. The molecule has 0 aliphatic carbocycles. The van der Waals surface area contributed by atoms with Crippen molar-refractivity contribution in [1.29, 1.82) is 0 Å². The monoisotopic (exact) mass is 262 g/mol. The summed E-state index contributed by atoms with van der Waals surface area (Å²) in [5.41, 5.74) is 1.26. The van der Waals surface area contributed by atoms with E-state index in [1.807, 2.05) is 18.2 Å². The number of aliphatic carboxylic acids is 1. The highest BCUT2D eigenvalue weighted by molar-refractivity contribution is 6.30. The first-order valence-corrected chi connectivity index (χ1v) is 6.49. The van der Waals surface area contributed by atoms with Crippen LogP contribution in [0.3, 0.4) is 0 Å². The molecule has 0 bridgehead atoms. The summed E-state index contributed by atoms with van der Waals surface area (Å²) in [5, 5.41) is 10.5. The van der Waals surface area contributed by atoms with Gasteiger partial charge in [0.25, 0.3) is 5.91 Å². The smallest absolute Gasteiger partial charge is 0.269 e. The van der Waals surface area contributed by atoms with Crippen molar-refractivity contribution >= 4 is 11.9 Å². The topological polar surface area (TPSA) is 64.9 Å². The second-order valence-corrected chi connectivity index (χ2v) is 4.87. The maximum atomic E-state index is 11.3. The van der Waals surface area contributed by atoms with Crippen LogP contribution >= 0.6 is 0 Å². The van der Waals surface area contributed by atoms with Gasteiger partial charge in [-0.05, 0) is 6.92 Å². The van der Waals surface area contributed by atoms with Gasteiger partial charge in [-0.3, -0.25) is 4.79 Å². The van der Waals surface area contributed by atoms with Crippen LogP contribution in [0.2, 0.25) is 0 Å². The van der Waals surface area contributed by atoms with E-state index in [2.05, 4.69) is 19.1 Å². The van der Waals surface area contributed by atoms with Crippen molar-refractivity contribution in [2.45, 2.75) is 13.0 Å². The third-order valence-electron chi connectivity index (χ3n) is 3.78. The van der Waals surface area contributed by atoms with Crippen molar-refractivity contribution < 1.29 is 19.6 Å². The number of amides is 1. The van der Waals surface area contributed by atoms with Gasteiger partial charge in [0.05, 0.1) is 26.2 Å². The molecule has 1 amide bonds. The Bertz CT molecular complexity index is 453. The van der Waals surface area contributed by atoms with Gasteiger partial charge in [-0.2, -0.15) is 0 Å². The molecular formula is C14H18N2O3. The summed E-state index contributed by atoms with van der Waals surface area (Å²) in [6, 6.07) is 10.6. The highest BCUT2D eigenvalue weighted by atomic mass is 16.4. The van der Waals surface area contributed by atoms with Crippen LogP contribution in [0.1, 0.15) is 18.5 Å². The fourth-order valence-electron chi connectivity index (χ4n) is 2.54. The Balaban J connectivity index is 1.93. The van der Waals surface area contributed by atoms with Crippen molar-refractivity contribution in [2.24, 2.45) is 0 Å². The quantitative estimate of drug-likeness (QED) is 0.641. The molecule has 0 unspecified atom stereocenters. The molecule has 1 saturated heterocycles. The number of carboxylic acids is 1. The van der Waals surface area contributed by atoms with Crippen molar-refractivity contribution in [2.75, 3.05) is 26.2 Å². The van der Waals surface area contributed by atoms with Gasteiger partial charge in [0.2, 0.25) is 0 Å². The minimum absolute atomic E-state index is 0.349. The molecule has 102 valence electrons.